The van der Waals surface area contributed by atoms with Gasteiger partial charge in [-0.05, 0) is 25.1 Å². The number of amides is 1. The first kappa shape index (κ1) is 18.1. The highest BCUT2D eigenvalue weighted by atomic mass is 16.6. The normalized spacial score (nSPS) is 10.2. The van der Waals surface area contributed by atoms with E-state index in [0.29, 0.717) is 22.4 Å². The van der Waals surface area contributed by atoms with Crippen molar-refractivity contribution in [3.8, 4) is 5.75 Å². The van der Waals surface area contributed by atoms with E-state index in [2.05, 4.69) is 5.32 Å². The van der Waals surface area contributed by atoms with Crippen LogP contribution in [0.3, 0.4) is 0 Å². The number of Topliss-reactive ketones (excluding diaryl/α,β-unsaturated/α-hetero) is 1. The molecule has 0 aliphatic carbocycles. The molecule has 0 bridgehead atoms. The van der Waals surface area contributed by atoms with Crippen LogP contribution in [0.15, 0.2) is 42.5 Å². The van der Waals surface area contributed by atoms with Crippen molar-refractivity contribution in [1.82, 2.24) is 5.32 Å². The van der Waals surface area contributed by atoms with Gasteiger partial charge in [0, 0.05) is 29.3 Å². The van der Waals surface area contributed by atoms with Crippen LogP contribution in [0.4, 0.5) is 5.69 Å². The summed E-state index contributed by atoms with van der Waals surface area (Å²) in [6.07, 6.45) is 0.00489. The molecule has 25 heavy (non-hydrogen) atoms. The molecule has 0 fully saturated rings. The van der Waals surface area contributed by atoms with Gasteiger partial charge in [-0.3, -0.25) is 19.7 Å². The number of nitrogens with one attached hydrogen (secondary N) is 1. The summed E-state index contributed by atoms with van der Waals surface area (Å²) in [4.78, 5) is 34.2. The maximum atomic E-state index is 12.2. The molecule has 2 aromatic rings. The number of hydrogen-bond acceptors (Lipinski definition) is 5. The predicted octanol–water partition coefficient (Wildman–Crippen LogP) is 2.66. The molecular formula is C18H18N2O5. The molecule has 0 saturated carbocycles. The molecule has 1 amide bonds. The lowest BCUT2D eigenvalue weighted by Gasteiger charge is -2.10. The number of nitro benzene ring substituents is 1. The molecule has 0 saturated heterocycles. The molecule has 0 aliphatic rings. The van der Waals surface area contributed by atoms with Gasteiger partial charge in [-0.1, -0.05) is 18.2 Å². The van der Waals surface area contributed by atoms with Gasteiger partial charge in [0.1, 0.15) is 5.75 Å². The number of benzene rings is 2. The van der Waals surface area contributed by atoms with Crippen LogP contribution in [0.25, 0.3) is 0 Å². The lowest BCUT2D eigenvalue weighted by atomic mass is 10.0. The number of carbonyl (C=O) groups is 2. The minimum absolute atomic E-state index is 0.00489. The first-order chi connectivity index (χ1) is 11.9. The Morgan fingerprint density at radius 1 is 1.16 bits per heavy atom. The Morgan fingerprint density at radius 2 is 1.88 bits per heavy atom. The fraction of sp³-hybridized carbons (Fsp3) is 0.222. The van der Waals surface area contributed by atoms with Gasteiger partial charge < -0.3 is 10.1 Å². The average molecular weight is 342 g/mol. The Hall–Kier alpha value is -3.22. The van der Waals surface area contributed by atoms with E-state index in [1.165, 1.54) is 20.1 Å². The number of ether oxygens (including phenoxy) is 1. The van der Waals surface area contributed by atoms with Crippen molar-refractivity contribution in [2.75, 3.05) is 7.11 Å². The molecule has 130 valence electrons. The van der Waals surface area contributed by atoms with Gasteiger partial charge in [0.25, 0.3) is 5.69 Å². The van der Waals surface area contributed by atoms with Crippen molar-refractivity contribution in [3.63, 3.8) is 0 Å². The van der Waals surface area contributed by atoms with Crippen molar-refractivity contribution in [2.45, 2.75) is 19.9 Å². The van der Waals surface area contributed by atoms with Crippen molar-refractivity contribution in [2.24, 2.45) is 0 Å². The minimum Gasteiger partial charge on any atom is -0.496 e. The third-order valence-electron chi connectivity index (χ3n) is 3.70. The largest absolute Gasteiger partial charge is 0.496 e. The number of carbonyl (C=O) groups excluding carboxylic acids is 2. The molecule has 0 spiro atoms. The summed E-state index contributed by atoms with van der Waals surface area (Å²) in [5.41, 5.74) is 1.45. The third kappa shape index (κ3) is 4.63. The molecule has 1 N–H and O–H groups in total. The number of rotatable bonds is 7. The standard InChI is InChI=1S/C18H18N2O5/c1-12(21)13-7-8-17(25-2)15(9-13)10-18(22)19-11-14-5-3-4-6-16(14)20(23)24/h3-9H,10-11H2,1-2H3,(H,19,22). The second-order valence-corrected chi connectivity index (χ2v) is 5.42. The number of ketones is 1. The zero-order chi connectivity index (χ0) is 18.4. The van der Waals surface area contributed by atoms with Crippen LogP contribution in [0.2, 0.25) is 0 Å². The van der Waals surface area contributed by atoms with E-state index in [0.717, 1.165) is 0 Å². The van der Waals surface area contributed by atoms with Gasteiger partial charge in [0.2, 0.25) is 5.91 Å². The topological polar surface area (TPSA) is 98.5 Å². The van der Waals surface area contributed by atoms with Gasteiger partial charge in [-0.2, -0.15) is 0 Å². The summed E-state index contributed by atoms with van der Waals surface area (Å²) >= 11 is 0. The lowest BCUT2D eigenvalue weighted by molar-refractivity contribution is -0.385. The second kappa shape index (κ2) is 8.05. The Morgan fingerprint density at radius 3 is 2.52 bits per heavy atom. The van der Waals surface area contributed by atoms with Crippen LogP contribution in [0, 0.1) is 10.1 Å². The lowest BCUT2D eigenvalue weighted by Crippen LogP contribution is -2.25. The highest BCUT2D eigenvalue weighted by Crippen LogP contribution is 2.21. The summed E-state index contributed by atoms with van der Waals surface area (Å²) in [5, 5.41) is 13.6. The van der Waals surface area contributed by atoms with Crippen molar-refractivity contribution in [3.05, 3.63) is 69.3 Å². The molecule has 2 rings (SSSR count). The van der Waals surface area contributed by atoms with Crippen LogP contribution >= 0.6 is 0 Å². The van der Waals surface area contributed by atoms with E-state index in [-0.39, 0.29) is 30.3 Å². The summed E-state index contributed by atoms with van der Waals surface area (Å²) in [6.45, 7) is 1.49. The van der Waals surface area contributed by atoms with Gasteiger partial charge in [-0.25, -0.2) is 0 Å². The predicted molar refractivity (Wildman–Crippen MR) is 91.6 cm³/mol. The molecule has 0 radical (unpaired) electrons. The van der Waals surface area contributed by atoms with E-state index < -0.39 is 4.92 Å². The Kier molecular flexibility index (Phi) is 5.84. The molecule has 0 aromatic heterocycles. The number of methoxy groups -OCH3 is 1. The molecule has 7 nitrogen and oxygen atoms in total. The Bertz CT molecular complexity index is 817. The molecule has 0 heterocycles. The number of hydrogen-bond donors (Lipinski definition) is 1. The van der Waals surface area contributed by atoms with Crippen molar-refractivity contribution in [1.29, 1.82) is 0 Å². The van der Waals surface area contributed by atoms with E-state index in [1.54, 1.807) is 36.4 Å². The number of nitro groups is 1. The summed E-state index contributed by atoms with van der Waals surface area (Å²) < 4.78 is 5.21. The maximum absolute atomic E-state index is 12.2. The van der Waals surface area contributed by atoms with Gasteiger partial charge >= 0.3 is 0 Å². The SMILES string of the molecule is COc1ccc(C(C)=O)cc1CC(=O)NCc1ccccc1[N+](=O)[O-]. The number of para-hydroxylation sites is 1. The molecule has 7 heteroatoms. The minimum atomic E-state index is -0.485. The van der Waals surface area contributed by atoms with Gasteiger partial charge in [0.15, 0.2) is 5.78 Å². The van der Waals surface area contributed by atoms with E-state index in [9.17, 15) is 19.7 Å². The molecule has 0 unspecified atom stereocenters. The molecule has 2 aromatic carbocycles. The zero-order valence-corrected chi connectivity index (χ0v) is 13.9. The summed E-state index contributed by atoms with van der Waals surface area (Å²) in [5.74, 6) is 0.0761. The molecule has 0 atom stereocenters. The fourth-order valence-corrected chi connectivity index (χ4v) is 2.40. The summed E-state index contributed by atoms with van der Waals surface area (Å²) in [7, 11) is 1.48. The van der Waals surface area contributed by atoms with Crippen molar-refractivity contribution >= 4 is 17.4 Å². The van der Waals surface area contributed by atoms with Crippen LogP contribution in [-0.2, 0) is 17.8 Å². The monoisotopic (exact) mass is 342 g/mol. The van der Waals surface area contributed by atoms with Crippen LogP contribution in [0.5, 0.6) is 5.75 Å². The van der Waals surface area contributed by atoms with Crippen LogP contribution in [-0.4, -0.2) is 23.7 Å². The Labute approximate surface area is 144 Å². The summed E-state index contributed by atoms with van der Waals surface area (Å²) in [6, 6.07) is 11.1. The van der Waals surface area contributed by atoms with Gasteiger partial charge in [-0.15, -0.1) is 0 Å². The smallest absolute Gasteiger partial charge is 0.274 e. The van der Waals surface area contributed by atoms with E-state index in [4.69, 9.17) is 4.74 Å². The van der Waals surface area contributed by atoms with E-state index in [1.807, 2.05) is 0 Å². The third-order valence-corrected chi connectivity index (χ3v) is 3.70. The average Bonchev–Trinajstić information content (AvgIpc) is 2.60. The van der Waals surface area contributed by atoms with Crippen LogP contribution < -0.4 is 10.1 Å². The van der Waals surface area contributed by atoms with Crippen LogP contribution in [0.1, 0.15) is 28.4 Å². The zero-order valence-electron chi connectivity index (χ0n) is 13.9. The highest BCUT2D eigenvalue weighted by molar-refractivity contribution is 5.94. The molecular weight excluding hydrogens is 324 g/mol. The highest BCUT2D eigenvalue weighted by Gasteiger charge is 2.15. The van der Waals surface area contributed by atoms with Gasteiger partial charge in [0.05, 0.1) is 18.5 Å². The first-order valence-electron chi connectivity index (χ1n) is 7.59. The fourth-order valence-electron chi connectivity index (χ4n) is 2.40. The first-order valence-corrected chi connectivity index (χ1v) is 7.59. The maximum Gasteiger partial charge on any atom is 0.274 e. The molecule has 0 aliphatic heterocycles. The second-order valence-electron chi connectivity index (χ2n) is 5.42. The number of nitrogens with zero attached hydrogens (tertiary/aromatic N) is 1. The quantitative estimate of drug-likeness (QED) is 0.474. The van der Waals surface area contributed by atoms with Crippen molar-refractivity contribution < 1.29 is 19.2 Å². The van der Waals surface area contributed by atoms with E-state index >= 15 is 0 Å². The Balaban J connectivity index is 2.09.